The van der Waals surface area contributed by atoms with E-state index in [0.717, 1.165) is 5.56 Å². The maximum Gasteiger partial charge on any atom is 0.262 e. The maximum atomic E-state index is 13.4. The van der Waals surface area contributed by atoms with E-state index in [1.807, 2.05) is 0 Å². The zero-order chi connectivity index (χ0) is 13.3. The average molecular weight is 295 g/mol. The van der Waals surface area contributed by atoms with Crippen molar-refractivity contribution in [3.05, 3.63) is 29.6 Å². The normalized spacial score (nSPS) is 20.7. The number of halogens is 4. The van der Waals surface area contributed by atoms with E-state index in [1.54, 1.807) is 13.0 Å². The summed E-state index contributed by atoms with van der Waals surface area (Å²) in [6.07, 6.45) is -0.563. The summed E-state index contributed by atoms with van der Waals surface area (Å²) in [4.78, 5) is 11.7. The highest BCUT2D eigenvalue weighted by molar-refractivity contribution is 5.95. The molecule has 1 saturated heterocycles. The summed E-state index contributed by atoms with van der Waals surface area (Å²) in [5, 5.41) is 4.74. The number of alkyl halides is 2. The lowest BCUT2D eigenvalue weighted by molar-refractivity contribution is -0.118. The molecule has 1 fully saturated rings. The maximum absolute atomic E-state index is 13.4. The highest BCUT2D eigenvalue weighted by Gasteiger charge is 2.42. The van der Waals surface area contributed by atoms with Crippen molar-refractivity contribution in [2.24, 2.45) is 0 Å². The van der Waals surface area contributed by atoms with Gasteiger partial charge in [-0.2, -0.15) is 0 Å². The molecular formula is C12H14ClF3N2O. The first-order valence-electron chi connectivity index (χ1n) is 5.56. The molecule has 1 aromatic rings. The molecule has 1 aliphatic rings. The van der Waals surface area contributed by atoms with Gasteiger partial charge in [-0.25, -0.2) is 13.2 Å². The first-order valence-corrected chi connectivity index (χ1v) is 5.56. The number of carbonyl (C=O) groups is 1. The fourth-order valence-electron chi connectivity index (χ4n) is 1.86. The van der Waals surface area contributed by atoms with Gasteiger partial charge in [0.1, 0.15) is 5.82 Å². The summed E-state index contributed by atoms with van der Waals surface area (Å²) < 4.78 is 39.2. The second kappa shape index (κ2) is 5.79. The molecular weight excluding hydrogens is 281 g/mol. The molecule has 1 aliphatic heterocycles. The molecule has 2 N–H and O–H groups in total. The Morgan fingerprint density at radius 2 is 2.16 bits per heavy atom. The highest BCUT2D eigenvalue weighted by Crippen LogP contribution is 2.26. The van der Waals surface area contributed by atoms with Crippen molar-refractivity contribution in [1.82, 2.24) is 5.32 Å². The number of nitrogens with one attached hydrogen (secondary N) is 2. The molecule has 1 atom stereocenters. The topological polar surface area (TPSA) is 41.1 Å². The molecule has 0 radical (unpaired) electrons. The molecule has 1 amide bonds. The van der Waals surface area contributed by atoms with Crippen molar-refractivity contribution in [3.63, 3.8) is 0 Å². The number of amides is 1. The van der Waals surface area contributed by atoms with Gasteiger partial charge in [-0.1, -0.05) is 6.07 Å². The predicted octanol–water partition coefficient (Wildman–Crippen LogP) is 2.49. The molecule has 0 aliphatic carbocycles. The minimum atomic E-state index is -2.88. The summed E-state index contributed by atoms with van der Waals surface area (Å²) in [6.45, 7) is 1.22. The third kappa shape index (κ3) is 3.84. The molecule has 7 heteroatoms. The number of anilines is 1. The number of carbonyl (C=O) groups excluding carboxylic acids is 1. The molecule has 3 nitrogen and oxygen atoms in total. The molecule has 0 aromatic heterocycles. The van der Waals surface area contributed by atoms with Gasteiger partial charge >= 0.3 is 0 Å². The van der Waals surface area contributed by atoms with E-state index < -0.39 is 36.7 Å². The highest BCUT2D eigenvalue weighted by atomic mass is 35.5. The van der Waals surface area contributed by atoms with Crippen LogP contribution in [0.25, 0.3) is 0 Å². The molecule has 1 heterocycles. The third-order valence-corrected chi connectivity index (χ3v) is 2.81. The standard InChI is InChI=1S/C12H13F3N2O.ClH/c1-7-2-3-8(13)9(4-7)17-11(18)10-5-12(14,15)6-16-10;/h2-4,10,16H,5-6H2,1H3,(H,17,18);1H. The molecule has 19 heavy (non-hydrogen) atoms. The quantitative estimate of drug-likeness (QED) is 0.880. The Balaban J connectivity index is 0.00000180. The van der Waals surface area contributed by atoms with Crippen molar-refractivity contribution in [2.75, 3.05) is 11.9 Å². The van der Waals surface area contributed by atoms with Crippen LogP contribution in [0, 0.1) is 12.7 Å². The number of rotatable bonds is 2. The fourth-order valence-corrected chi connectivity index (χ4v) is 1.86. The van der Waals surface area contributed by atoms with Gasteiger partial charge in [0.05, 0.1) is 18.3 Å². The van der Waals surface area contributed by atoms with Crippen molar-refractivity contribution in [3.8, 4) is 0 Å². The Morgan fingerprint density at radius 3 is 2.74 bits per heavy atom. The summed E-state index contributed by atoms with van der Waals surface area (Å²) in [5.74, 6) is -4.11. The van der Waals surface area contributed by atoms with E-state index in [9.17, 15) is 18.0 Å². The largest absolute Gasteiger partial charge is 0.322 e. The Labute approximate surface area is 115 Å². The van der Waals surface area contributed by atoms with Crippen LogP contribution in [-0.4, -0.2) is 24.4 Å². The minimum Gasteiger partial charge on any atom is -0.322 e. The lowest BCUT2D eigenvalue weighted by Gasteiger charge is -2.12. The van der Waals surface area contributed by atoms with E-state index in [2.05, 4.69) is 10.6 Å². The number of aryl methyl sites for hydroxylation is 1. The van der Waals surface area contributed by atoms with E-state index in [1.165, 1.54) is 12.1 Å². The fraction of sp³-hybridized carbons (Fsp3) is 0.417. The number of hydrogen-bond donors (Lipinski definition) is 2. The molecule has 106 valence electrons. The number of benzene rings is 1. The molecule has 0 bridgehead atoms. The van der Waals surface area contributed by atoms with Crippen LogP contribution in [0.3, 0.4) is 0 Å². The lowest BCUT2D eigenvalue weighted by atomic mass is 10.1. The van der Waals surface area contributed by atoms with Gasteiger partial charge in [-0.15, -0.1) is 12.4 Å². The summed E-state index contributed by atoms with van der Waals surface area (Å²) in [7, 11) is 0. The average Bonchev–Trinajstić information content (AvgIpc) is 2.64. The molecule has 2 rings (SSSR count). The van der Waals surface area contributed by atoms with E-state index in [-0.39, 0.29) is 18.1 Å². The molecule has 0 spiro atoms. The predicted molar refractivity (Wildman–Crippen MR) is 68.4 cm³/mol. The first-order chi connectivity index (χ1) is 8.37. The van der Waals surface area contributed by atoms with Crippen LogP contribution in [0.15, 0.2) is 18.2 Å². The Bertz CT molecular complexity index is 482. The van der Waals surface area contributed by atoms with Gasteiger partial charge in [0, 0.05) is 6.42 Å². The van der Waals surface area contributed by atoms with Crippen molar-refractivity contribution < 1.29 is 18.0 Å². The van der Waals surface area contributed by atoms with Crippen LogP contribution in [-0.2, 0) is 4.79 Å². The monoisotopic (exact) mass is 294 g/mol. The van der Waals surface area contributed by atoms with Crippen LogP contribution >= 0.6 is 12.4 Å². The van der Waals surface area contributed by atoms with Crippen LogP contribution in [0.2, 0.25) is 0 Å². The second-order valence-electron chi connectivity index (χ2n) is 4.47. The van der Waals surface area contributed by atoms with Gasteiger partial charge in [0.15, 0.2) is 0 Å². The van der Waals surface area contributed by atoms with Crippen molar-refractivity contribution >= 4 is 24.0 Å². The second-order valence-corrected chi connectivity index (χ2v) is 4.47. The zero-order valence-corrected chi connectivity index (χ0v) is 11.0. The third-order valence-electron chi connectivity index (χ3n) is 2.81. The SMILES string of the molecule is Cc1ccc(F)c(NC(=O)C2CC(F)(F)CN2)c1.Cl. The van der Waals surface area contributed by atoms with Crippen LogP contribution in [0.4, 0.5) is 18.9 Å². The van der Waals surface area contributed by atoms with Gasteiger partial charge in [-0.05, 0) is 24.6 Å². The Morgan fingerprint density at radius 1 is 1.47 bits per heavy atom. The van der Waals surface area contributed by atoms with Gasteiger partial charge < -0.3 is 5.32 Å². The van der Waals surface area contributed by atoms with Crippen LogP contribution in [0.1, 0.15) is 12.0 Å². The van der Waals surface area contributed by atoms with Gasteiger partial charge in [-0.3, -0.25) is 10.1 Å². The number of hydrogen-bond acceptors (Lipinski definition) is 2. The smallest absolute Gasteiger partial charge is 0.262 e. The summed E-state index contributed by atoms with van der Waals surface area (Å²) in [6, 6.07) is 3.26. The molecule has 1 aromatic carbocycles. The summed E-state index contributed by atoms with van der Waals surface area (Å²) in [5.41, 5.74) is 0.786. The minimum absolute atomic E-state index is 0. The first kappa shape index (κ1) is 15.8. The van der Waals surface area contributed by atoms with Crippen LogP contribution in [0.5, 0.6) is 0 Å². The lowest BCUT2D eigenvalue weighted by Crippen LogP contribution is -2.35. The molecule has 0 saturated carbocycles. The van der Waals surface area contributed by atoms with E-state index in [4.69, 9.17) is 0 Å². The Kier molecular flexibility index (Phi) is 4.81. The summed E-state index contributed by atoms with van der Waals surface area (Å²) >= 11 is 0. The zero-order valence-electron chi connectivity index (χ0n) is 10.2. The van der Waals surface area contributed by atoms with Crippen LogP contribution < -0.4 is 10.6 Å². The van der Waals surface area contributed by atoms with Gasteiger partial charge in [0.25, 0.3) is 5.92 Å². The van der Waals surface area contributed by atoms with E-state index in [0.29, 0.717) is 0 Å². The van der Waals surface area contributed by atoms with Gasteiger partial charge in [0.2, 0.25) is 5.91 Å². The van der Waals surface area contributed by atoms with E-state index >= 15 is 0 Å². The molecule has 1 unspecified atom stereocenters. The van der Waals surface area contributed by atoms with Crippen molar-refractivity contribution in [1.29, 1.82) is 0 Å². The van der Waals surface area contributed by atoms with Crippen molar-refractivity contribution in [2.45, 2.75) is 25.3 Å². The Hall–Kier alpha value is -1.27.